The molecule has 4 amide bonds. The summed E-state index contributed by atoms with van der Waals surface area (Å²) >= 11 is 6.66. The Morgan fingerprint density at radius 1 is 0.786 bits per heavy atom. The van der Waals surface area contributed by atoms with Crippen molar-refractivity contribution in [3.8, 4) is 0 Å². The van der Waals surface area contributed by atoms with Gasteiger partial charge in [0.05, 0.1) is 11.1 Å². The van der Waals surface area contributed by atoms with Crippen molar-refractivity contribution in [3.05, 3.63) is 135 Å². The monoisotopic (exact) mass is 579 g/mol. The lowest BCUT2D eigenvalue weighted by molar-refractivity contribution is -0.142. The number of carbonyl (C=O) groups is 4. The molecule has 0 saturated carbocycles. The molecule has 0 aliphatic carbocycles. The summed E-state index contributed by atoms with van der Waals surface area (Å²) in [5.74, 6) is -2.15. The highest BCUT2D eigenvalue weighted by Gasteiger charge is 2.44. The SMILES string of the molecule is Cc1cccc(C)c1NC(=O)[C@@H](c1ccccc1Cl)N(Cc1ccccc1)C(=O)[C@H](C)N1C(=O)c2ccccc2C1=O. The average molecular weight is 580 g/mol. The van der Waals surface area contributed by atoms with E-state index in [1.165, 1.54) is 11.8 Å². The molecule has 0 aromatic heterocycles. The van der Waals surface area contributed by atoms with Gasteiger partial charge in [0.2, 0.25) is 5.91 Å². The number of aryl methyl sites for hydroxylation is 2. The molecule has 5 rings (SSSR count). The van der Waals surface area contributed by atoms with Crippen LogP contribution in [-0.2, 0) is 16.1 Å². The quantitative estimate of drug-likeness (QED) is 0.246. The lowest BCUT2D eigenvalue weighted by Gasteiger charge is -2.35. The van der Waals surface area contributed by atoms with E-state index in [0.717, 1.165) is 21.6 Å². The van der Waals surface area contributed by atoms with E-state index >= 15 is 0 Å². The normalized spacial score (nSPS) is 13.9. The van der Waals surface area contributed by atoms with Gasteiger partial charge in [0.25, 0.3) is 17.7 Å². The molecule has 4 aromatic rings. The molecular weight excluding hydrogens is 550 g/mol. The van der Waals surface area contributed by atoms with Gasteiger partial charge in [0.1, 0.15) is 12.1 Å². The maximum Gasteiger partial charge on any atom is 0.262 e. The van der Waals surface area contributed by atoms with E-state index in [1.54, 1.807) is 48.5 Å². The summed E-state index contributed by atoms with van der Waals surface area (Å²) in [6.07, 6.45) is 0. The van der Waals surface area contributed by atoms with Crippen LogP contribution >= 0.6 is 11.6 Å². The van der Waals surface area contributed by atoms with E-state index in [-0.39, 0.29) is 17.7 Å². The first-order valence-corrected chi connectivity index (χ1v) is 14.0. The molecule has 8 heteroatoms. The maximum atomic E-state index is 14.5. The highest BCUT2D eigenvalue weighted by Crippen LogP contribution is 2.33. The Morgan fingerprint density at radius 2 is 1.33 bits per heavy atom. The van der Waals surface area contributed by atoms with Crippen molar-refractivity contribution < 1.29 is 19.2 Å². The minimum Gasteiger partial charge on any atom is -0.323 e. The summed E-state index contributed by atoms with van der Waals surface area (Å²) in [6.45, 7) is 5.33. The van der Waals surface area contributed by atoms with Crippen molar-refractivity contribution in [2.75, 3.05) is 5.32 Å². The Labute approximate surface area is 249 Å². The van der Waals surface area contributed by atoms with Crippen molar-refractivity contribution in [1.29, 1.82) is 0 Å². The topological polar surface area (TPSA) is 86.8 Å². The molecule has 1 N–H and O–H groups in total. The van der Waals surface area contributed by atoms with Gasteiger partial charge in [0, 0.05) is 22.8 Å². The Hall–Kier alpha value is -4.75. The van der Waals surface area contributed by atoms with E-state index in [9.17, 15) is 19.2 Å². The number of benzene rings is 4. The van der Waals surface area contributed by atoms with Gasteiger partial charge in [-0.25, -0.2) is 0 Å². The third-order valence-corrected chi connectivity index (χ3v) is 7.88. The molecule has 4 aromatic carbocycles. The van der Waals surface area contributed by atoms with Crippen molar-refractivity contribution in [3.63, 3.8) is 0 Å². The van der Waals surface area contributed by atoms with Crippen LogP contribution in [0.1, 0.15) is 55.9 Å². The van der Waals surface area contributed by atoms with E-state index < -0.39 is 35.7 Å². The first-order valence-electron chi connectivity index (χ1n) is 13.6. The summed E-state index contributed by atoms with van der Waals surface area (Å²) in [7, 11) is 0. The molecule has 7 nitrogen and oxygen atoms in total. The molecule has 1 heterocycles. The van der Waals surface area contributed by atoms with Crippen LogP contribution in [0, 0.1) is 13.8 Å². The van der Waals surface area contributed by atoms with E-state index in [2.05, 4.69) is 5.32 Å². The first-order chi connectivity index (χ1) is 20.2. The van der Waals surface area contributed by atoms with Crippen LogP contribution in [0.4, 0.5) is 5.69 Å². The number of anilines is 1. The zero-order valence-corrected chi connectivity index (χ0v) is 24.3. The molecule has 42 heavy (non-hydrogen) atoms. The number of amides is 4. The second-order valence-corrected chi connectivity index (χ2v) is 10.7. The second-order valence-electron chi connectivity index (χ2n) is 10.3. The van der Waals surface area contributed by atoms with Crippen molar-refractivity contribution in [1.82, 2.24) is 9.80 Å². The Morgan fingerprint density at radius 3 is 1.93 bits per heavy atom. The second kappa shape index (κ2) is 12.0. The summed E-state index contributed by atoms with van der Waals surface area (Å²) < 4.78 is 0. The van der Waals surface area contributed by atoms with Gasteiger partial charge < -0.3 is 10.2 Å². The summed E-state index contributed by atoms with van der Waals surface area (Å²) in [5.41, 5.74) is 4.03. The lowest BCUT2D eigenvalue weighted by atomic mass is 10.0. The minimum absolute atomic E-state index is 0.0310. The number of hydrogen-bond donors (Lipinski definition) is 1. The molecule has 0 radical (unpaired) electrons. The van der Waals surface area contributed by atoms with Crippen LogP contribution in [0.15, 0.2) is 97.1 Å². The molecule has 0 saturated heterocycles. The van der Waals surface area contributed by atoms with Gasteiger partial charge in [-0.1, -0.05) is 90.5 Å². The molecule has 212 valence electrons. The Kier molecular flexibility index (Phi) is 8.22. The predicted octanol–water partition coefficient (Wildman–Crippen LogP) is 6.35. The number of nitrogens with one attached hydrogen (secondary N) is 1. The Balaban J connectivity index is 1.60. The van der Waals surface area contributed by atoms with Crippen molar-refractivity contribution >= 4 is 40.9 Å². The largest absolute Gasteiger partial charge is 0.323 e. The molecular formula is C34H30ClN3O4. The lowest BCUT2D eigenvalue weighted by Crippen LogP contribution is -2.52. The fourth-order valence-electron chi connectivity index (χ4n) is 5.34. The van der Waals surface area contributed by atoms with Crippen LogP contribution in [0.25, 0.3) is 0 Å². The number of nitrogens with zero attached hydrogens (tertiary/aromatic N) is 2. The molecule has 2 atom stereocenters. The number of halogens is 1. The zero-order chi connectivity index (χ0) is 30.0. The molecule has 1 aliphatic rings. The minimum atomic E-state index is -1.20. The first kappa shape index (κ1) is 28.8. The van der Waals surface area contributed by atoms with Gasteiger partial charge in [-0.2, -0.15) is 0 Å². The number of imide groups is 1. The fourth-order valence-corrected chi connectivity index (χ4v) is 5.58. The Bertz CT molecular complexity index is 1630. The molecule has 0 spiro atoms. The highest BCUT2D eigenvalue weighted by molar-refractivity contribution is 6.31. The van der Waals surface area contributed by atoms with Gasteiger partial charge in [-0.05, 0) is 55.7 Å². The van der Waals surface area contributed by atoms with Crippen molar-refractivity contribution in [2.45, 2.75) is 39.4 Å². The van der Waals surface area contributed by atoms with E-state index in [1.807, 2.05) is 62.4 Å². The molecule has 0 bridgehead atoms. The van der Waals surface area contributed by atoms with Gasteiger partial charge in [0.15, 0.2) is 0 Å². The predicted molar refractivity (Wildman–Crippen MR) is 162 cm³/mol. The number of carbonyl (C=O) groups excluding carboxylic acids is 4. The number of rotatable bonds is 8. The third kappa shape index (κ3) is 5.43. The fraction of sp³-hybridized carbons (Fsp3) is 0.176. The van der Waals surface area contributed by atoms with Crippen LogP contribution < -0.4 is 5.32 Å². The highest BCUT2D eigenvalue weighted by atomic mass is 35.5. The van der Waals surface area contributed by atoms with E-state index in [4.69, 9.17) is 11.6 Å². The van der Waals surface area contributed by atoms with E-state index in [0.29, 0.717) is 16.3 Å². The van der Waals surface area contributed by atoms with Gasteiger partial charge in [-0.15, -0.1) is 0 Å². The third-order valence-electron chi connectivity index (χ3n) is 7.54. The van der Waals surface area contributed by atoms with Gasteiger partial charge >= 0.3 is 0 Å². The number of hydrogen-bond acceptors (Lipinski definition) is 4. The zero-order valence-electron chi connectivity index (χ0n) is 23.5. The standard InChI is InChI=1S/C34H30ClN3O4/c1-21-12-11-13-22(2)29(21)36-31(39)30(27-18-9-10-19-28(27)35)37(20-24-14-5-4-6-15-24)32(40)23(3)38-33(41)25-16-7-8-17-26(25)34(38)42/h4-19,23,30H,20H2,1-3H3,(H,36,39)/t23-,30+/m0/s1. The average Bonchev–Trinajstić information content (AvgIpc) is 3.24. The maximum absolute atomic E-state index is 14.5. The number of para-hydroxylation sites is 1. The van der Waals surface area contributed by atoms with Crippen molar-refractivity contribution in [2.24, 2.45) is 0 Å². The summed E-state index contributed by atoms with van der Waals surface area (Å²) in [6, 6.07) is 25.9. The van der Waals surface area contributed by atoms with Crippen LogP contribution in [-0.4, -0.2) is 39.5 Å². The van der Waals surface area contributed by atoms with Crippen LogP contribution in [0.3, 0.4) is 0 Å². The van der Waals surface area contributed by atoms with Crippen LogP contribution in [0.5, 0.6) is 0 Å². The molecule has 0 fully saturated rings. The summed E-state index contributed by atoms with van der Waals surface area (Å²) in [4.78, 5) is 57.7. The molecule has 1 aliphatic heterocycles. The van der Waals surface area contributed by atoms with Gasteiger partial charge in [-0.3, -0.25) is 24.1 Å². The smallest absolute Gasteiger partial charge is 0.262 e. The molecule has 0 unspecified atom stereocenters. The number of fused-ring (bicyclic) bond motifs is 1. The summed E-state index contributed by atoms with van der Waals surface area (Å²) in [5, 5.41) is 3.33. The van der Waals surface area contributed by atoms with Crippen LogP contribution in [0.2, 0.25) is 5.02 Å².